The molecule has 0 unspecified atom stereocenters. The number of rotatable bonds is 3. The first-order valence-electron chi connectivity index (χ1n) is 3.97. The Bertz CT molecular complexity index is 522. The molecular weight excluding hydrogens is 218 g/mol. The van der Waals surface area contributed by atoms with Crippen LogP contribution >= 0.6 is 0 Å². The lowest BCUT2D eigenvalue weighted by Crippen LogP contribution is -2.14. The van der Waals surface area contributed by atoms with Crippen LogP contribution in [0.1, 0.15) is 0 Å². The number of nitrogens with one attached hydrogen (secondary N) is 2. The molecule has 0 saturated carbocycles. The Morgan fingerprint density at radius 2 is 2.13 bits per heavy atom. The van der Waals surface area contributed by atoms with E-state index in [1.165, 1.54) is 30.9 Å². The molecule has 0 aliphatic heterocycles. The van der Waals surface area contributed by atoms with Crippen molar-refractivity contribution >= 4 is 15.8 Å². The topological polar surface area (TPSA) is 101 Å². The Balaban J connectivity index is 2.27. The van der Waals surface area contributed by atoms with Crippen LogP contribution in [-0.4, -0.2) is 28.6 Å². The summed E-state index contributed by atoms with van der Waals surface area (Å²) >= 11 is 0. The summed E-state index contributed by atoms with van der Waals surface area (Å²) in [4.78, 5) is 7.52. The van der Waals surface area contributed by atoms with Gasteiger partial charge in [-0.3, -0.25) is 14.8 Å². The van der Waals surface area contributed by atoms with E-state index in [9.17, 15) is 8.42 Å². The first-order chi connectivity index (χ1) is 7.18. The summed E-state index contributed by atoms with van der Waals surface area (Å²) in [5, 5.41) is 5.88. The van der Waals surface area contributed by atoms with E-state index in [-0.39, 0.29) is 10.8 Å². The largest absolute Gasteiger partial charge is 0.280 e. The van der Waals surface area contributed by atoms with Gasteiger partial charge in [0.05, 0.1) is 12.4 Å². The van der Waals surface area contributed by atoms with Gasteiger partial charge in [-0.25, -0.2) is 4.98 Å². The second-order valence-corrected chi connectivity index (χ2v) is 4.27. The van der Waals surface area contributed by atoms with Gasteiger partial charge in [0, 0.05) is 12.4 Å². The Kier molecular flexibility index (Phi) is 2.34. The second kappa shape index (κ2) is 3.65. The minimum atomic E-state index is -3.64. The lowest BCUT2D eigenvalue weighted by Gasteiger charge is -2.03. The first kappa shape index (κ1) is 9.59. The normalized spacial score (nSPS) is 11.2. The van der Waals surface area contributed by atoms with Crippen LogP contribution in [0, 0.1) is 0 Å². The molecule has 15 heavy (non-hydrogen) atoms. The summed E-state index contributed by atoms with van der Waals surface area (Å²) < 4.78 is 25.5. The first-order valence-corrected chi connectivity index (χ1v) is 5.45. The highest BCUT2D eigenvalue weighted by molar-refractivity contribution is 7.92. The molecule has 2 aromatic heterocycles. The Hall–Kier alpha value is -1.96. The van der Waals surface area contributed by atoms with E-state index >= 15 is 0 Å². The Morgan fingerprint density at radius 3 is 2.73 bits per heavy atom. The van der Waals surface area contributed by atoms with Gasteiger partial charge in [-0.1, -0.05) is 0 Å². The molecular formula is C7H7N5O2S. The van der Waals surface area contributed by atoms with E-state index in [4.69, 9.17) is 0 Å². The van der Waals surface area contributed by atoms with Gasteiger partial charge in [0.15, 0.2) is 10.8 Å². The van der Waals surface area contributed by atoms with Crippen LogP contribution in [0.25, 0.3) is 0 Å². The van der Waals surface area contributed by atoms with Gasteiger partial charge < -0.3 is 0 Å². The van der Waals surface area contributed by atoms with Gasteiger partial charge in [0.25, 0.3) is 10.0 Å². The number of aromatic amines is 1. The zero-order chi connectivity index (χ0) is 10.7. The van der Waals surface area contributed by atoms with E-state index < -0.39 is 10.0 Å². The summed E-state index contributed by atoms with van der Waals surface area (Å²) in [5.41, 5.74) is 0. The van der Waals surface area contributed by atoms with Crippen LogP contribution in [0.5, 0.6) is 0 Å². The van der Waals surface area contributed by atoms with Gasteiger partial charge in [-0.2, -0.15) is 13.5 Å². The summed E-state index contributed by atoms with van der Waals surface area (Å²) in [6.45, 7) is 0. The highest BCUT2D eigenvalue weighted by Gasteiger charge is 2.15. The van der Waals surface area contributed by atoms with Crippen LogP contribution in [0.15, 0.2) is 35.9 Å². The summed E-state index contributed by atoms with van der Waals surface area (Å²) in [6, 6.07) is 1.35. The van der Waals surface area contributed by atoms with Crippen molar-refractivity contribution in [3.63, 3.8) is 0 Å². The summed E-state index contributed by atoms with van der Waals surface area (Å²) in [6.07, 6.45) is 5.51. The number of H-pyrrole nitrogens is 1. The van der Waals surface area contributed by atoms with Crippen LogP contribution < -0.4 is 4.72 Å². The molecule has 0 bridgehead atoms. The van der Waals surface area contributed by atoms with Crippen molar-refractivity contribution in [2.75, 3.05) is 4.72 Å². The minimum Gasteiger partial charge on any atom is -0.266 e. The third kappa shape index (κ3) is 2.10. The van der Waals surface area contributed by atoms with Crippen LogP contribution in [0.3, 0.4) is 0 Å². The van der Waals surface area contributed by atoms with E-state index in [1.54, 1.807) is 0 Å². The molecule has 0 aliphatic rings. The van der Waals surface area contributed by atoms with Crippen molar-refractivity contribution < 1.29 is 8.42 Å². The highest BCUT2D eigenvalue weighted by Crippen LogP contribution is 2.09. The zero-order valence-electron chi connectivity index (χ0n) is 7.45. The lowest BCUT2D eigenvalue weighted by molar-refractivity contribution is 0.597. The van der Waals surface area contributed by atoms with Crippen LogP contribution in [0.4, 0.5) is 5.82 Å². The molecule has 0 atom stereocenters. The number of sulfonamides is 1. The number of aromatic nitrogens is 4. The predicted octanol–water partition coefficient (Wildman–Crippen LogP) is 0.000500. The Labute approximate surface area is 85.6 Å². The molecule has 2 rings (SSSR count). The van der Waals surface area contributed by atoms with Crippen molar-refractivity contribution in [2.45, 2.75) is 5.03 Å². The smallest absolute Gasteiger partial charge is 0.266 e. The molecule has 0 fully saturated rings. The van der Waals surface area contributed by atoms with Crippen molar-refractivity contribution in [3.8, 4) is 0 Å². The van der Waals surface area contributed by atoms with Crippen molar-refractivity contribution in [2.24, 2.45) is 0 Å². The van der Waals surface area contributed by atoms with Crippen molar-refractivity contribution in [1.82, 2.24) is 20.2 Å². The molecule has 78 valence electrons. The third-order valence-electron chi connectivity index (χ3n) is 1.57. The standard InChI is InChI=1S/C7H7N5O2S/c13-15(14,7-1-2-10-11-7)12-6-5-8-3-4-9-6/h1-5H,(H,9,12)(H,10,11). The molecule has 8 heteroatoms. The maximum Gasteiger partial charge on any atom is 0.280 e. The van der Waals surface area contributed by atoms with Crippen LogP contribution in [-0.2, 0) is 10.0 Å². The van der Waals surface area contributed by atoms with E-state index in [2.05, 4.69) is 24.9 Å². The average Bonchev–Trinajstić information content (AvgIpc) is 2.71. The van der Waals surface area contributed by atoms with Gasteiger partial charge in [-0.05, 0) is 6.07 Å². The number of nitrogens with zero attached hydrogens (tertiary/aromatic N) is 3. The Morgan fingerprint density at radius 1 is 1.27 bits per heavy atom. The molecule has 0 saturated heterocycles. The van der Waals surface area contributed by atoms with Gasteiger partial charge >= 0.3 is 0 Å². The van der Waals surface area contributed by atoms with Crippen molar-refractivity contribution in [1.29, 1.82) is 0 Å². The lowest BCUT2D eigenvalue weighted by atomic mass is 10.7. The number of anilines is 1. The van der Waals surface area contributed by atoms with Gasteiger partial charge in [0.1, 0.15) is 0 Å². The van der Waals surface area contributed by atoms with E-state index in [0.29, 0.717) is 0 Å². The summed E-state index contributed by atoms with van der Waals surface area (Å²) in [7, 11) is -3.64. The minimum absolute atomic E-state index is 0.0202. The van der Waals surface area contributed by atoms with Gasteiger partial charge in [0.2, 0.25) is 0 Å². The second-order valence-electron chi connectivity index (χ2n) is 2.62. The molecule has 0 spiro atoms. The predicted molar refractivity (Wildman–Crippen MR) is 51.4 cm³/mol. The average molecular weight is 225 g/mol. The van der Waals surface area contributed by atoms with Crippen LogP contribution in [0.2, 0.25) is 0 Å². The molecule has 7 nitrogen and oxygen atoms in total. The molecule has 0 aromatic carbocycles. The quantitative estimate of drug-likeness (QED) is 0.765. The molecule has 2 aromatic rings. The fraction of sp³-hybridized carbons (Fsp3) is 0. The third-order valence-corrected chi connectivity index (χ3v) is 2.85. The maximum absolute atomic E-state index is 11.6. The molecule has 0 aliphatic carbocycles. The number of hydrogen-bond acceptors (Lipinski definition) is 5. The number of hydrogen-bond donors (Lipinski definition) is 2. The SMILES string of the molecule is O=S(=O)(Nc1cnccn1)c1ccn[nH]1. The summed E-state index contributed by atoms with van der Waals surface area (Å²) in [5.74, 6) is 0.159. The zero-order valence-corrected chi connectivity index (χ0v) is 8.27. The van der Waals surface area contributed by atoms with Crippen molar-refractivity contribution in [3.05, 3.63) is 30.9 Å². The molecule has 2 N–H and O–H groups in total. The monoisotopic (exact) mass is 225 g/mol. The van der Waals surface area contributed by atoms with E-state index in [1.807, 2.05) is 0 Å². The molecule has 0 radical (unpaired) electrons. The maximum atomic E-state index is 11.6. The molecule has 2 heterocycles. The molecule has 0 amide bonds. The highest BCUT2D eigenvalue weighted by atomic mass is 32.2. The fourth-order valence-corrected chi connectivity index (χ4v) is 1.84. The van der Waals surface area contributed by atoms with E-state index in [0.717, 1.165) is 0 Å². The fourth-order valence-electron chi connectivity index (χ4n) is 0.937. The van der Waals surface area contributed by atoms with Gasteiger partial charge in [-0.15, -0.1) is 0 Å².